The predicted molar refractivity (Wildman–Crippen MR) is 235 cm³/mol. The molecule has 0 amide bonds. The van der Waals surface area contributed by atoms with E-state index in [1.54, 1.807) is 0 Å². The summed E-state index contributed by atoms with van der Waals surface area (Å²) in [6, 6.07) is 76.4. The molecule has 0 N–H and O–H groups in total. The number of para-hydroxylation sites is 2. The van der Waals surface area contributed by atoms with Crippen molar-refractivity contribution < 1.29 is 4.42 Å². The van der Waals surface area contributed by atoms with Gasteiger partial charge in [0.25, 0.3) is 0 Å². The molecule has 9 aromatic carbocycles. The highest BCUT2D eigenvalue weighted by Gasteiger charge is 2.16. The quantitative estimate of drug-likeness (QED) is 0.168. The van der Waals surface area contributed by atoms with E-state index >= 15 is 0 Å². The number of hydrogen-bond acceptors (Lipinski definition) is 1. The second-order valence-electron chi connectivity index (χ2n) is 14.5. The molecular formula is C54H35NO. The summed E-state index contributed by atoms with van der Waals surface area (Å²) in [5.41, 5.74) is 17.3. The van der Waals surface area contributed by atoms with Crippen molar-refractivity contribution in [3.8, 4) is 61.3 Å². The molecular weight excluding hydrogens is 679 g/mol. The smallest absolute Gasteiger partial charge is 0.143 e. The van der Waals surface area contributed by atoms with Gasteiger partial charge in [0.1, 0.15) is 11.2 Å². The predicted octanol–water partition coefficient (Wildman–Crippen LogP) is 15.0. The Balaban J connectivity index is 0.908. The zero-order valence-electron chi connectivity index (χ0n) is 30.6. The van der Waals surface area contributed by atoms with E-state index in [9.17, 15) is 0 Å². The van der Waals surface area contributed by atoms with Crippen molar-refractivity contribution in [3.05, 3.63) is 212 Å². The minimum atomic E-state index is 0.920. The van der Waals surface area contributed by atoms with Gasteiger partial charge >= 0.3 is 0 Å². The molecule has 56 heavy (non-hydrogen) atoms. The molecule has 0 bridgehead atoms. The SMILES string of the molecule is c1ccc(-c2ccc3c(c2)c2cc(-c4ccccc4)ccc2n3-c2ccc(-c3ccc(-c4ccc(-c5cccc6c5oc5ccccc56)cc4)cc3)cc2)cc1. The fourth-order valence-electron chi connectivity index (χ4n) is 8.40. The van der Waals surface area contributed by atoms with Gasteiger partial charge in [0, 0.05) is 32.8 Å². The molecule has 0 saturated heterocycles. The van der Waals surface area contributed by atoms with Crippen LogP contribution in [0.2, 0.25) is 0 Å². The minimum Gasteiger partial charge on any atom is -0.455 e. The number of rotatable bonds is 6. The van der Waals surface area contributed by atoms with Crippen LogP contribution in [0.5, 0.6) is 0 Å². The Morgan fingerprint density at radius 3 is 1.27 bits per heavy atom. The van der Waals surface area contributed by atoms with Crippen molar-refractivity contribution >= 4 is 43.7 Å². The molecule has 0 fully saturated rings. The van der Waals surface area contributed by atoms with Crippen molar-refractivity contribution in [2.24, 2.45) is 0 Å². The molecule has 0 aliphatic rings. The van der Waals surface area contributed by atoms with Crippen molar-refractivity contribution in [1.29, 1.82) is 0 Å². The van der Waals surface area contributed by atoms with E-state index in [1.165, 1.54) is 66.3 Å². The third-order valence-corrected chi connectivity index (χ3v) is 11.3. The van der Waals surface area contributed by atoms with Gasteiger partial charge in [0.05, 0.1) is 11.0 Å². The average Bonchev–Trinajstić information content (AvgIpc) is 3.82. The van der Waals surface area contributed by atoms with Crippen molar-refractivity contribution in [1.82, 2.24) is 4.57 Å². The van der Waals surface area contributed by atoms with Gasteiger partial charge in [0.15, 0.2) is 0 Å². The van der Waals surface area contributed by atoms with E-state index in [4.69, 9.17) is 4.42 Å². The van der Waals surface area contributed by atoms with Crippen LogP contribution in [0.25, 0.3) is 105 Å². The van der Waals surface area contributed by atoms with E-state index in [2.05, 4.69) is 205 Å². The first-order valence-electron chi connectivity index (χ1n) is 19.2. The fourth-order valence-corrected chi connectivity index (χ4v) is 8.40. The summed E-state index contributed by atoms with van der Waals surface area (Å²) in [6.07, 6.45) is 0. The zero-order valence-corrected chi connectivity index (χ0v) is 30.6. The van der Waals surface area contributed by atoms with Gasteiger partial charge in [-0.25, -0.2) is 0 Å². The number of furan rings is 1. The summed E-state index contributed by atoms with van der Waals surface area (Å²) in [5, 5.41) is 4.80. The molecule has 11 aromatic rings. The van der Waals surface area contributed by atoms with Crippen LogP contribution in [0, 0.1) is 0 Å². The Hall–Kier alpha value is -7.42. The maximum Gasteiger partial charge on any atom is 0.143 e. The van der Waals surface area contributed by atoms with Crippen LogP contribution in [-0.4, -0.2) is 4.57 Å². The van der Waals surface area contributed by atoms with E-state index in [0.29, 0.717) is 0 Å². The van der Waals surface area contributed by atoms with Crippen LogP contribution in [0.1, 0.15) is 0 Å². The van der Waals surface area contributed by atoms with Crippen molar-refractivity contribution in [3.63, 3.8) is 0 Å². The second-order valence-corrected chi connectivity index (χ2v) is 14.5. The number of benzene rings is 9. The summed E-state index contributed by atoms with van der Waals surface area (Å²) < 4.78 is 8.71. The van der Waals surface area contributed by atoms with Gasteiger partial charge in [-0.3, -0.25) is 0 Å². The highest BCUT2D eigenvalue weighted by atomic mass is 16.3. The molecule has 0 radical (unpaired) electrons. The highest BCUT2D eigenvalue weighted by molar-refractivity contribution is 6.12. The Bertz CT molecular complexity index is 3090. The Labute approximate surface area is 325 Å². The first kappa shape index (κ1) is 32.0. The van der Waals surface area contributed by atoms with Gasteiger partial charge in [-0.05, 0) is 92.5 Å². The van der Waals surface area contributed by atoms with Gasteiger partial charge in [-0.1, -0.05) is 170 Å². The maximum atomic E-state index is 6.31. The average molecular weight is 714 g/mol. The molecule has 0 saturated carbocycles. The Morgan fingerprint density at radius 2 is 0.714 bits per heavy atom. The van der Waals surface area contributed by atoms with Crippen molar-refractivity contribution in [2.75, 3.05) is 0 Å². The summed E-state index contributed by atoms with van der Waals surface area (Å²) in [6.45, 7) is 0. The van der Waals surface area contributed by atoms with Gasteiger partial charge in [0.2, 0.25) is 0 Å². The molecule has 2 aromatic heterocycles. The lowest BCUT2D eigenvalue weighted by molar-refractivity contribution is 0.670. The minimum absolute atomic E-state index is 0.920. The zero-order chi connectivity index (χ0) is 37.0. The molecule has 0 spiro atoms. The van der Waals surface area contributed by atoms with E-state index in [-0.39, 0.29) is 0 Å². The number of nitrogens with zero attached hydrogens (tertiary/aromatic N) is 1. The number of hydrogen-bond donors (Lipinski definition) is 0. The van der Waals surface area contributed by atoms with Crippen LogP contribution < -0.4 is 0 Å². The monoisotopic (exact) mass is 713 g/mol. The van der Waals surface area contributed by atoms with Crippen LogP contribution >= 0.6 is 0 Å². The molecule has 262 valence electrons. The lowest BCUT2D eigenvalue weighted by atomic mass is 9.97. The number of fused-ring (bicyclic) bond motifs is 6. The summed E-state index contributed by atoms with van der Waals surface area (Å²) in [5.74, 6) is 0. The van der Waals surface area contributed by atoms with E-state index in [0.717, 1.165) is 38.8 Å². The van der Waals surface area contributed by atoms with Crippen LogP contribution in [0.15, 0.2) is 217 Å². The topological polar surface area (TPSA) is 18.1 Å². The van der Waals surface area contributed by atoms with Gasteiger partial charge < -0.3 is 8.98 Å². The summed E-state index contributed by atoms with van der Waals surface area (Å²) in [7, 11) is 0. The Kier molecular flexibility index (Phi) is 7.53. The Morgan fingerprint density at radius 1 is 0.286 bits per heavy atom. The van der Waals surface area contributed by atoms with Crippen LogP contribution in [0.3, 0.4) is 0 Å². The van der Waals surface area contributed by atoms with Crippen molar-refractivity contribution in [2.45, 2.75) is 0 Å². The second kappa shape index (κ2) is 13.2. The number of aromatic nitrogens is 1. The third-order valence-electron chi connectivity index (χ3n) is 11.3. The van der Waals surface area contributed by atoms with E-state index in [1.807, 2.05) is 12.1 Å². The standard InChI is InChI=1S/C54H35NO/c1-3-10-36(11-4-1)43-28-32-51-49(34-43)50-35-44(37-12-5-2-6-13-37)29-33-52(50)55(51)45-30-26-41(27-31-45)39-20-18-38(19-21-39)40-22-24-42(25-23-40)46-15-9-16-48-47-14-7-8-17-53(47)56-54(46)48/h1-35H. The van der Waals surface area contributed by atoms with Gasteiger partial charge in [-0.15, -0.1) is 0 Å². The summed E-state index contributed by atoms with van der Waals surface area (Å²) in [4.78, 5) is 0. The molecule has 11 rings (SSSR count). The molecule has 2 heterocycles. The molecule has 2 heteroatoms. The molecule has 0 aliphatic carbocycles. The largest absolute Gasteiger partial charge is 0.455 e. The molecule has 0 aliphatic heterocycles. The molecule has 2 nitrogen and oxygen atoms in total. The first-order valence-corrected chi connectivity index (χ1v) is 19.2. The highest BCUT2D eigenvalue weighted by Crippen LogP contribution is 2.39. The normalized spacial score (nSPS) is 11.6. The lowest BCUT2D eigenvalue weighted by Crippen LogP contribution is -1.94. The fraction of sp³-hybridized carbons (Fsp3) is 0. The maximum absolute atomic E-state index is 6.31. The van der Waals surface area contributed by atoms with Gasteiger partial charge in [-0.2, -0.15) is 0 Å². The van der Waals surface area contributed by atoms with Crippen LogP contribution in [-0.2, 0) is 0 Å². The molecule has 0 unspecified atom stereocenters. The van der Waals surface area contributed by atoms with E-state index < -0.39 is 0 Å². The molecule has 0 atom stereocenters. The lowest BCUT2D eigenvalue weighted by Gasteiger charge is -2.11. The van der Waals surface area contributed by atoms with Crippen LogP contribution in [0.4, 0.5) is 0 Å². The first-order chi connectivity index (χ1) is 27.7. The summed E-state index contributed by atoms with van der Waals surface area (Å²) >= 11 is 0. The third kappa shape index (κ3) is 5.42.